The van der Waals surface area contributed by atoms with Crippen LogP contribution in [0.1, 0.15) is 12.0 Å². The first-order valence-electron chi connectivity index (χ1n) is 5.89. The first-order chi connectivity index (χ1) is 9.43. The third-order valence-electron chi connectivity index (χ3n) is 2.62. The van der Waals surface area contributed by atoms with Gasteiger partial charge in [0, 0.05) is 19.7 Å². The number of halogens is 2. The van der Waals surface area contributed by atoms with Crippen LogP contribution in [0.2, 0.25) is 10.0 Å². The largest absolute Gasteiger partial charge is 0.469 e. The second-order valence-electron chi connectivity index (χ2n) is 4.09. The lowest BCUT2D eigenvalue weighted by atomic mass is 10.2. The molecule has 1 rings (SSSR count). The summed E-state index contributed by atoms with van der Waals surface area (Å²) in [6.07, 6.45) is 3.22. The van der Waals surface area contributed by atoms with Crippen LogP contribution in [-0.4, -0.2) is 37.5 Å². The first kappa shape index (κ1) is 16.5. The molecule has 4 nitrogen and oxygen atoms in total. The quantitative estimate of drug-likeness (QED) is 0.620. The van der Waals surface area contributed by atoms with Crippen molar-refractivity contribution < 1.29 is 14.3 Å². The predicted octanol–water partition coefficient (Wildman–Crippen LogP) is 3.03. The van der Waals surface area contributed by atoms with Crippen LogP contribution in [0.3, 0.4) is 0 Å². The lowest BCUT2D eigenvalue weighted by Gasteiger charge is -2.13. The van der Waals surface area contributed by atoms with E-state index >= 15 is 0 Å². The number of methoxy groups -OCH3 is 1. The van der Waals surface area contributed by atoms with Gasteiger partial charge in [-0.15, -0.1) is 0 Å². The Bertz CT molecular complexity index is 529. The molecule has 0 aliphatic carbocycles. The number of ether oxygens (including phenoxy) is 1. The molecule has 1 amide bonds. The summed E-state index contributed by atoms with van der Waals surface area (Å²) in [6.45, 7) is 0.303. The number of hydrogen-bond donors (Lipinski definition) is 0. The van der Waals surface area contributed by atoms with E-state index in [1.165, 1.54) is 18.1 Å². The lowest BCUT2D eigenvalue weighted by Crippen LogP contribution is -2.27. The van der Waals surface area contributed by atoms with Gasteiger partial charge < -0.3 is 9.64 Å². The number of nitrogens with zero attached hydrogens (tertiary/aromatic N) is 1. The van der Waals surface area contributed by atoms with Gasteiger partial charge in [-0.05, 0) is 23.8 Å². The predicted molar refractivity (Wildman–Crippen MR) is 79.8 cm³/mol. The minimum Gasteiger partial charge on any atom is -0.469 e. The van der Waals surface area contributed by atoms with Crippen LogP contribution in [-0.2, 0) is 14.3 Å². The molecule has 6 heteroatoms. The van der Waals surface area contributed by atoms with E-state index in [-0.39, 0.29) is 18.3 Å². The molecule has 0 radical (unpaired) electrons. The number of hydrogen-bond acceptors (Lipinski definition) is 3. The van der Waals surface area contributed by atoms with Crippen LogP contribution in [0.15, 0.2) is 24.3 Å². The zero-order valence-electron chi connectivity index (χ0n) is 11.2. The third kappa shape index (κ3) is 5.23. The number of rotatable bonds is 5. The molecule has 0 spiro atoms. The Kier molecular flexibility index (Phi) is 6.55. The van der Waals surface area contributed by atoms with Crippen molar-refractivity contribution >= 4 is 41.2 Å². The Morgan fingerprint density at radius 2 is 2.00 bits per heavy atom. The maximum Gasteiger partial charge on any atom is 0.307 e. The van der Waals surface area contributed by atoms with Crippen molar-refractivity contribution in [3.8, 4) is 0 Å². The van der Waals surface area contributed by atoms with E-state index in [1.54, 1.807) is 31.3 Å². The fourth-order valence-corrected chi connectivity index (χ4v) is 1.69. The van der Waals surface area contributed by atoms with E-state index in [4.69, 9.17) is 23.2 Å². The summed E-state index contributed by atoms with van der Waals surface area (Å²) in [6, 6.07) is 5.09. The average Bonchev–Trinajstić information content (AvgIpc) is 2.45. The highest BCUT2D eigenvalue weighted by Gasteiger charge is 2.08. The van der Waals surface area contributed by atoms with E-state index in [1.807, 2.05) is 0 Å². The van der Waals surface area contributed by atoms with Crippen molar-refractivity contribution in [1.82, 2.24) is 4.90 Å². The molecule has 0 aliphatic heterocycles. The van der Waals surface area contributed by atoms with Gasteiger partial charge in [0.2, 0.25) is 5.91 Å². The van der Waals surface area contributed by atoms with E-state index in [0.717, 1.165) is 5.56 Å². The number of amides is 1. The number of carbonyl (C=O) groups is 2. The van der Waals surface area contributed by atoms with Crippen LogP contribution in [0.25, 0.3) is 6.08 Å². The first-order valence-corrected chi connectivity index (χ1v) is 6.64. The molecule has 0 unspecified atom stereocenters. The highest BCUT2D eigenvalue weighted by molar-refractivity contribution is 6.42. The number of likely N-dealkylation sites (N-methyl/N-ethyl adjacent to an activating group) is 1. The summed E-state index contributed by atoms with van der Waals surface area (Å²) in [7, 11) is 2.93. The SMILES string of the molecule is COC(=O)CCN(C)C(=O)C=Cc1ccc(Cl)c(Cl)c1. The molecule has 0 saturated heterocycles. The van der Waals surface area contributed by atoms with Gasteiger partial charge >= 0.3 is 5.97 Å². The third-order valence-corrected chi connectivity index (χ3v) is 3.36. The van der Waals surface area contributed by atoms with Crippen LogP contribution >= 0.6 is 23.2 Å². The molecule has 1 aromatic rings. The molecular weight excluding hydrogens is 301 g/mol. The topological polar surface area (TPSA) is 46.6 Å². The molecule has 0 N–H and O–H groups in total. The molecular formula is C14H15Cl2NO3. The second-order valence-corrected chi connectivity index (χ2v) is 4.91. The summed E-state index contributed by atoms with van der Waals surface area (Å²) >= 11 is 11.7. The summed E-state index contributed by atoms with van der Waals surface area (Å²) < 4.78 is 4.51. The molecule has 20 heavy (non-hydrogen) atoms. The fourth-order valence-electron chi connectivity index (χ4n) is 1.38. The Morgan fingerprint density at radius 1 is 1.30 bits per heavy atom. The van der Waals surface area contributed by atoms with Crippen molar-refractivity contribution in [2.45, 2.75) is 6.42 Å². The van der Waals surface area contributed by atoms with Gasteiger partial charge in [-0.25, -0.2) is 0 Å². The van der Waals surface area contributed by atoms with Crippen LogP contribution in [0.5, 0.6) is 0 Å². The summed E-state index contributed by atoms with van der Waals surface area (Å²) in [5.74, 6) is -0.557. The second kappa shape index (κ2) is 7.92. The van der Waals surface area contributed by atoms with Crippen molar-refractivity contribution in [2.24, 2.45) is 0 Å². The molecule has 1 aromatic carbocycles. The van der Waals surface area contributed by atoms with Crippen molar-refractivity contribution in [1.29, 1.82) is 0 Å². The smallest absolute Gasteiger partial charge is 0.307 e. The van der Waals surface area contributed by atoms with E-state index in [2.05, 4.69) is 4.74 Å². The van der Waals surface area contributed by atoms with Crippen LogP contribution in [0.4, 0.5) is 0 Å². The molecule has 0 aliphatic rings. The van der Waals surface area contributed by atoms with E-state index < -0.39 is 0 Å². The van der Waals surface area contributed by atoms with Crippen molar-refractivity contribution in [3.63, 3.8) is 0 Å². The Hall–Kier alpha value is -1.52. The highest BCUT2D eigenvalue weighted by Crippen LogP contribution is 2.23. The van der Waals surface area contributed by atoms with Gasteiger partial charge in [-0.2, -0.15) is 0 Å². The van der Waals surface area contributed by atoms with E-state index in [0.29, 0.717) is 16.6 Å². The summed E-state index contributed by atoms with van der Waals surface area (Å²) in [5.41, 5.74) is 0.772. The molecule has 0 bridgehead atoms. The van der Waals surface area contributed by atoms with Crippen LogP contribution in [0, 0.1) is 0 Å². The molecule has 0 fully saturated rings. The summed E-state index contributed by atoms with van der Waals surface area (Å²) in [5, 5.41) is 0.894. The van der Waals surface area contributed by atoms with Crippen molar-refractivity contribution in [3.05, 3.63) is 39.9 Å². The number of carbonyl (C=O) groups excluding carboxylic acids is 2. The van der Waals surface area contributed by atoms with Gasteiger partial charge in [0.05, 0.1) is 23.6 Å². The molecule has 108 valence electrons. The normalized spacial score (nSPS) is 10.6. The maximum absolute atomic E-state index is 11.8. The van der Waals surface area contributed by atoms with Crippen LogP contribution < -0.4 is 0 Å². The highest BCUT2D eigenvalue weighted by atomic mass is 35.5. The molecule has 0 aromatic heterocycles. The maximum atomic E-state index is 11.8. The minimum absolute atomic E-state index is 0.166. The van der Waals surface area contributed by atoms with Gasteiger partial charge in [0.1, 0.15) is 0 Å². The van der Waals surface area contributed by atoms with Gasteiger partial charge in [0.25, 0.3) is 0 Å². The molecule has 0 heterocycles. The Morgan fingerprint density at radius 3 is 2.60 bits per heavy atom. The summed E-state index contributed by atoms with van der Waals surface area (Å²) in [4.78, 5) is 24.2. The average molecular weight is 316 g/mol. The molecule has 0 atom stereocenters. The zero-order chi connectivity index (χ0) is 15.1. The minimum atomic E-state index is -0.349. The Balaban J connectivity index is 2.58. The lowest BCUT2D eigenvalue weighted by molar-refractivity contribution is -0.141. The number of esters is 1. The number of benzene rings is 1. The van der Waals surface area contributed by atoms with Gasteiger partial charge in [0.15, 0.2) is 0 Å². The van der Waals surface area contributed by atoms with Gasteiger partial charge in [-0.1, -0.05) is 29.3 Å². The zero-order valence-corrected chi connectivity index (χ0v) is 12.7. The monoisotopic (exact) mass is 315 g/mol. The molecule has 0 saturated carbocycles. The fraction of sp³-hybridized carbons (Fsp3) is 0.286. The standard InChI is InChI=1S/C14H15Cl2NO3/c1-17(8-7-14(19)20-2)13(18)6-4-10-3-5-11(15)12(16)9-10/h3-6,9H,7-8H2,1-2H3. The Labute approximate surface area is 127 Å². The van der Waals surface area contributed by atoms with Gasteiger partial charge in [-0.3, -0.25) is 9.59 Å². The van der Waals surface area contributed by atoms with E-state index in [9.17, 15) is 9.59 Å². The van der Waals surface area contributed by atoms with Crippen molar-refractivity contribution in [2.75, 3.05) is 20.7 Å².